The summed E-state index contributed by atoms with van der Waals surface area (Å²) in [6.07, 6.45) is 3.89. The number of carbonyl (C=O) groups is 1. The predicted molar refractivity (Wildman–Crippen MR) is 132 cm³/mol. The van der Waals surface area contributed by atoms with Gasteiger partial charge in [0.15, 0.2) is 0 Å². The second-order valence-electron chi connectivity index (χ2n) is 8.93. The second-order valence-corrected chi connectivity index (χ2v) is 8.93. The topological polar surface area (TPSA) is 71.0 Å². The third-order valence-electron chi connectivity index (χ3n) is 6.49. The number of pyridine rings is 1. The first-order valence-electron chi connectivity index (χ1n) is 11.6. The SMILES string of the molecule is CN1CCC(c2cccc(C(=O)Nc3ncc4ccc(-c5cncc(C(F)F)c5)cc4n3)c2)CC1. The molecule has 178 valence electrons. The summed E-state index contributed by atoms with van der Waals surface area (Å²) in [6, 6.07) is 14.6. The highest BCUT2D eigenvalue weighted by Crippen LogP contribution is 2.29. The summed E-state index contributed by atoms with van der Waals surface area (Å²) in [5.74, 6) is 0.361. The third-order valence-corrected chi connectivity index (χ3v) is 6.49. The Hall–Kier alpha value is -3.78. The number of aromatic nitrogens is 3. The van der Waals surface area contributed by atoms with Crippen LogP contribution in [0.1, 0.15) is 46.7 Å². The zero-order chi connectivity index (χ0) is 24.4. The Bertz CT molecular complexity index is 1370. The van der Waals surface area contributed by atoms with Crippen molar-refractivity contribution in [3.05, 3.63) is 83.8 Å². The third kappa shape index (κ3) is 5.17. The van der Waals surface area contributed by atoms with E-state index >= 15 is 0 Å². The fraction of sp³-hybridized carbons (Fsp3) is 0.259. The minimum Gasteiger partial charge on any atom is -0.306 e. The van der Waals surface area contributed by atoms with Crippen LogP contribution in [0, 0.1) is 0 Å². The monoisotopic (exact) mass is 473 g/mol. The zero-order valence-electron chi connectivity index (χ0n) is 19.3. The van der Waals surface area contributed by atoms with Crippen LogP contribution >= 0.6 is 0 Å². The van der Waals surface area contributed by atoms with Crippen LogP contribution < -0.4 is 5.32 Å². The first-order chi connectivity index (χ1) is 17.0. The average Bonchev–Trinajstić information content (AvgIpc) is 2.89. The maximum atomic E-state index is 13.1. The molecular formula is C27H25F2N5O. The van der Waals surface area contributed by atoms with Crippen LogP contribution in [-0.4, -0.2) is 45.9 Å². The van der Waals surface area contributed by atoms with Gasteiger partial charge in [-0.05, 0) is 74.3 Å². The van der Waals surface area contributed by atoms with E-state index in [4.69, 9.17) is 0 Å². The molecule has 0 radical (unpaired) electrons. The number of anilines is 1. The summed E-state index contributed by atoms with van der Waals surface area (Å²) in [5.41, 5.74) is 3.47. The van der Waals surface area contributed by atoms with Crippen molar-refractivity contribution in [1.82, 2.24) is 19.9 Å². The number of hydrogen-bond donors (Lipinski definition) is 1. The molecule has 5 rings (SSSR count). The van der Waals surface area contributed by atoms with Gasteiger partial charge in [0.1, 0.15) is 0 Å². The van der Waals surface area contributed by atoms with Crippen LogP contribution in [-0.2, 0) is 0 Å². The number of nitrogens with one attached hydrogen (secondary N) is 1. The lowest BCUT2D eigenvalue weighted by Gasteiger charge is -2.29. The molecular weight excluding hydrogens is 448 g/mol. The fourth-order valence-corrected chi connectivity index (χ4v) is 4.45. The van der Waals surface area contributed by atoms with E-state index in [0.717, 1.165) is 37.5 Å². The highest BCUT2D eigenvalue weighted by molar-refractivity contribution is 6.03. The number of hydrogen-bond acceptors (Lipinski definition) is 5. The number of halogens is 2. The van der Waals surface area contributed by atoms with Gasteiger partial charge in [0.25, 0.3) is 12.3 Å². The van der Waals surface area contributed by atoms with Crippen LogP contribution in [0.5, 0.6) is 0 Å². The molecule has 0 bridgehead atoms. The Morgan fingerprint density at radius 2 is 1.86 bits per heavy atom. The first kappa shape index (κ1) is 23.0. The molecule has 1 saturated heterocycles. The highest BCUT2D eigenvalue weighted by atomic mass is 19.3. The first-order valence-corrected chi connectivity index (χ1v) is 11.6. The molecule has 0 aliphatic carbocycles. The highest BCUT2D eigenvalue weighted by Gasteiger charge is 2.19. The Morgan fingerprint density at radius 1 is 1.03 bits per heavy atom. The van der Waals surface area contributed by atoms with Crippen molar-refractivity contribution in [3.8, 4) is 11.1 Å². The molecule has 2 aromatic carbocycles. The minimum absolute atomic E-state index is 0.138. The molecule has 0 unspecified atom stereocenters. The molecule has 0 spiro atoms. The molecule has 1 amide bonds. The number of amides is 1. The largest absolute Gasteiger partial charge is 0.306 e. The Balaban J connectivity index is 1.36. The van der Waals surface area contributed by atoms with Crippen LogP contribution in [0.3, 0.4) is 0 Å². The molecule has 0 saturated carbocycles. The predicted octanol–water partition coefficient (Wildman–Crippen LogP) is 5.69. The van der Waals surface area contributed by atoms with Crippen molar-refractivity contribution in [2.45, 2.75) is 25.2 Å². The van der Waals surface area contributed by atoms with E-state index in [1.54, 1.807) is 18.3 Å². The van der Waals surface area contributed by atoms with Crippen molar-refractivity contribution in [1.29, 1.82) is 0 Å². The van der Waals surface area contributed by atoms with Gasteiger partial charge in [0, 0.05) is 40.7 Å². The van der Waals surface area contributed by atoms with Gasteiger partial charge in [-0.1, -0.05) is 24.3 Å². The Kier molecular flexibility index (Phi) is 6.46. The van der Waals surface area contributed by atoms with E-state index < -0.39 is 6.43 Å². The lowest BCUT2D eigenvalue weighted by Crippen LogP contribution is -2.29. The number of carbonyl (C=O) groups excluding carboxylic acids is 1. The van der Waals surface area contributed by atoms with Gasteiger partial charge >= 0.3 is 0 Å². The second kappa shape index (κ2) is 9.84. The van der Waals surface area contributed by atoms with Gasteiger partial charge in [-0.2, -0.15) is 0 Å². The van der Waals surface area contributed by atoms with Crippen molar-refractivity contribution in [3.63, 3.8) is 0 Å². The van der Waals surface area contributed by atoms with E-state index in [1.807, 2.05) is 24.3 Å². The van der Waals surface area contributed by atoms with E-state index in [2.05, 4.69) is 38.3 Å². The van der Waals surface area contributed by atoms with Gasteiger partial charge < -0.3 is 4.90 Å². The molecule has 1 N–H and O–H groups in total. The summed E-state index contributed by atoms with van der Waals surface area (Å²) in [7, 11) is 2.13. The number of benzene rings is 2. The number of likely N-dealkylation sites (tertiary alicyclic amines) is 1. The normalized spacial score (nSPS) is 15.0. The number of fused-ring (bicyclic) bond motifs is 1. The molecule has 4 aromatic rings. The van der Waals surface area contributed by atoms with E-state index in [0.29, 0.717) is 28.1 Å². The van der Waals surface area contributed by atoms with Gasteiger partial charge in [0.2, 0.25) is 5.95 Å². The summed E-state index contributed by atoms with van der Waals surface area (Å²) in [5, 5.41) is 3.56. The maximum Gasteiger partial charge on any atom is 0.265 e. The standard InChI is InChI=1S/C27H25F2N5O/c1-34-9-7-17(8-10-34)18-3-2-4-20(11-18)26(35)33-27-31-16-21-6-5-19(13-24(21)32-27)22-12-23(25(28)29)15-30-14-22/h2-6,11-17,25H,7-10H2,1H3,(H,31,32,33,35). The lowest BCUT2D eigenvalue weighted by atomic mass is 9.89. The fourth-order valence-electron chi connectivity index (χ4n) is 4.45. The molecule has 1 aliphatic rings. The van der Waals surface area contributed by atoms with Crippen molar-refractivity contribution >= 4 is 22.8 Å². The van der Waals surface area contributed by atoms with Crippen molar-refractivity contribution in [2.24, 2.45) is 0 Å². The van der Waals surface area contributed by atoms with E-state index in [9.17, 15) is 13.6 Å². The van der Waals surface area contributed by atoms with Crippen LogP contribution in [0.15, 0.2) is 67.1 Å². The molecule has 3 heterocycles. The Morgan fingerprint density at radius 3 is 2.66 bits per heavy atom. The van der Waals surface area contributed by atoms with E-state index in [1.165, 1.54) is 17.8 Å². The van der Waals surface area contributed by atoms with Gasteiger partial charge in [-0.25, -0.2) is 18.7 Å². The molecule has 1 fully saturated rings. The zero-order valence-corrected chi connectivity index (χ0v) is 19.3. The van der Waals surface area contributed by atoms with Gasteiger partial charge in [0.05, 0.1) is 5.52 Å². The summed E-state index contributed by atoms with van der Waals surface area (Å²) >= 11 is 0. The van der Waals surface area contributed by atoms with E-state index in [-0.39, 0.29) is 17.4 Å². The molecule has 35 heavy (non-hydrogen) atoms. The van der Waals surface area contributed by atoms with Gasteiger partial charge in [-0.15, -0.1) is 0 Å². The number of piperidine rings is 1. The molecule has 0 atom stereocenters. The van der Waals surface area contributed by atoms with Crippen molar-refractivity contribution in [2.75, 3.05) is 25.5 Å². The molecule has 8 heteroatoms. The number of nitrogens with zero attached hydrogens (tertiary/aromatic N) is 4. The number of rotatable bonds is 5. The van der Waals surface area contributed by atoms with Crippen molar-refractivity contribution < 1.29 is 13.6 Å². The summed E-state index contributed by atoms with van der Waals surface area (Å²) < 4.78 is 26.1. The average molecular weight is 474 g/mol. The number of alkyl halides is 2. The molecule has 2 aromatic heterocycles. The lowest BCUT2D eigenvalue weighted by molar-refractivity contribution is 0.102. The van der Waals surface area contributed by atoms with Crippen LogP contribution in [0.2, 0.25) is 0 Å². The maximum absolute atomic E-state index is 13.1. The minimum atomic E-state index is -2.59. The van der Waals surface area contributed by atoms with Crippen LogP contribution in [0.4, 0.5) is 14.7 Å². The smallest absolute Gasteiger partial charge is 0.265 e. The molecule has 1 aliphatic heterocycles. The van der Waals surface area contributed by atoms with Crippen LogP contribution in [0.25, 0.3) is 22.0 Å². The van der Waals surface area contributed by atoms with Gasteiger partial charge in [-0.3, -0.25) is 15.1 Å². The quantitative estimate of drug-likeness (QED) is 0.403. The molecule has 6 nitrogen and oxygen atoms in total. The summed E-state index contributed by atoms with van der Waals surface area (Å²) in [6.45, 7) is 2.10. The summed E-state index contributed by atoms with van der Waals surface area (Å²) in [4.78, 5) is 28.0. The Labute approximate surface area is 202 Å².